The highest BCUT2D eigenvalue weighted by Crippen LogP contribution is 2.56. The van der Waals surface area contributed by atoms with E-state index in [-0.39, 0.29) is 52.0 Å². The van der Waals surface area contributed by atoms with Crippen molar-refractivity contribution in [1.29, 1.82) is 0 Å². The Morgan fingerprint density at radius 1 is 1.05 bits per heavy atom. The van der Waals surface area contributed by atoms with Crippen LogP contribution in [-0.2, 0) is 29.0 Å². The molecule has 1 aliphatic heterocycles. The standard InChI is InChI=1S/C26H28FNO9S/c1-33-13-36-11-14-8-19(14)20-10-16(27)4-7-22(20)38(31,32)28(26(30)35-3)21-6-5-17-18-9-15(18)12-37-24(17)23(21)25(29)34-2/h4-7,10,14-15,18-19H,8-9,11-13H2,1-3H3/t14?,15-,18-,19?/m0/s1. The molecule has 0 N–H and O–H groups in total. The van der Waals surface area contributed by atoms with Crippen LogP contribution in [0.4, 0.5) is 14.9 Å². The molecule has 2 fully saturated rings. The Hall–Kier alpha value is -3.22. The van der Waals surface area contributed by atoms with E-state index in [9.17, 15) is 22.4 Å². The lowest BCUT2D eigenvalue weighted by Crippen LogP contribution is -2.38. The van der Waals surface area contributed by atoms with Crippen molar-refractivity contribution >= 4 is 27.8 Å². The van der Waals surface area contributed by atoms with E-state index in [0.717, 1.165) is 44.4 Å². The molecule has 0 saturated heterocycles. The van der Waals surface area contributed by atoms with Gasteiger partial charge in [0, 0.05) is 13.0 Å². The first-order valence-electron chi connectivity index (χ1n) is 12.1. The largest absolute Gasteiger partial charge is 0.492 e. The van der Waals surface area contributed by atoms with Crippen molar-refractivity contribution in [2.24, 2.45) is 11.8 Å². The molecule has 4 atom stereocenters. The quantitative estimate of drug-likeness (QED) is 0.262. The average Bonchev–Trinajstić information content (AvgIpc) is 3.82. The van der Waals surface area contributed by atoms with E-state index in [4.69, 9.17) is 23.7 Å². The van der Waals surface area contributed by atoms with Gasteiger partial charge in [-0.15, -0.1) is 0 Å². The number of rotatable bonds is 9. The lowest BCUT2D eigenvalue weighted by atomic mass is 10.00. The van der Waals surface area contributed by atoms with Gasteiger partial charge in [0.1, 0.15) is 23.9 Å². The van der Waals surface area contributed by atoms with Crippen molar-refractivity contribution in [3.63, 3.8) is 0 Å². The second-order valence-electron chi connectivity index (χ2n) is 9.58. The summed E-state index contributed by atoms with van der Waals surface area (Å²) in [5, 5.41) is 0. The summed E-state index contributed by atoms with van der Waals surface area (Å²) < 4.78 is 68.9. The predicted molar refractivity (Wildman–Crippen MR) is 131 cm³/mol. The fourth-order valence-electron chi connectivity index (χ4n) is 5.15. The van der Waals surface area contributed by atoms with E-state index < -0.39 is 27.9 Å². The summed E-state index contributed by atoms with van der Waals surface area (Å²) in [6.07, 6.45) is 0.208. The minimum Gasteiger partial charge on any atom is -0.492 e. The molecule has 2 unspecified atom stereocenters. The number of methoxy groups -OCH3 is 3. The SMILES string of the molecule is COCOCC1CC1c1cc(F)ccc1S(=O)(=O)N(C(=O)OC)c1ccc2c(c1C(=O)OC)OC[C@@H]1C[C@H]21. The van der Waals surface area contributed by atoms with Crippen molar-refractivity contribution in [2.45, 2.75) is 29.6 Å². The third-order valence-electron chi connectivity index (χ3n) is 7.22. The highest BCUT2D eigenvalue weighted by Gasteiger charge is 2.48. The van der Waals surface area contributed by atoms with E-state index in [2.05, 4.69) is 0 Å². The number of carbonyl (C=O) groups excluding carboxylic acids is 2. The summed E-state index contributed by atoms with van der Waals surface area (Å²) in [6, 6.07) is 6.30. The van der Waals surface area contributed by atoms with Gasteiger partial charge >= 0.3 is 12.1 Å². The number of fused-ring (bicyclic) bond motifs is 3. The van der Waals surface area contributed by atoms with Gasteiger partial charge in [0.25, 0.3) is 10.0 Å². The molecule has 0 radical (unpaired) electrons. The van der Waals surface area contributed by atoms with Gasteiger partial charge < -0.3 is 23.7 Å². The van der Waals surface area contributed by atoms with Gasteiger partial charge in [-0.25, -0.2) is 22.4 Å². The summed E-state index contributed by atoms with van der Waals surface area (Å²) in [7, 11) is -1.03. The summed E-state index contributed by atoms with van der Waals surface area (Å²) in [4.78, 5) is 25.7. The monoisotopic (exact) mass is 549 g/mol. The number of nitrogens with zero attached hydrogens (tertiary/aromatic N) is 1. The highest BCUT2D eigenvalue weighted by atomic mass is 32.2. The van der Waals surface area contributed by atoms with Crippen LogP contribution in [0.3, 0.4) is 0 Å². The summed E-state index contributed by atoms with van der Waals surface area (Å²) in [6.45, 7) is 0.740. The first kappa shape index (κ1) is 26.4. The minimum atomic E-state index is -4.70. The Balaban J connectivity index is 1.61. The van der Waals surface area contributed by atoms with Gasteiger partial charge in [0.05, 0.1) is 38.0 Å². The molecule has 0 bridgehead atoms. The molecule has 3 aliphatic rings. The van der Waals surface area contributed by atoms with Crippen molar-refractivity contribution in [2.75, 3.05) is 45.6 Å². The van der Waals surface area contributed by atoms with Crippen molar-refractivity contribution in [3.8, 4) is 5.75 Å². The topological polar surface area (TPSA) is 118 Å². The van der Waals surface area contributed by atoms with Gasteiger partial charge in [-0.2, -0.15) is 4.31 Å². The number of ether oxygens (including phenoxy) is 5. The van der Waals surface area contributed by atoms with Crippen LogP contribution in [0.2, 0.25) is 0 Å². The van der Waals surface area contributed by atoms with Crippen LogP contribution >= 0.6 is 0 Å². The molecule has 5 rings (SSSR count). The van der Waals surface area contributed by atoms with Gasteiger partial charge in [0.15, 0.2) is 0 Å². The number of anilines is 1. The molecule has 2 aromatic carbocycles. The predicted octanol–water partition coefficient (Wildman–Crippen LogP) is 3.79. The number of hydrogen-bond acceptors (Lipinski definition) is 9. The third kappa shape index (κ3) is 4.61. The number of halogens is 1. The summed E-state index contributed by atoms with van der Waals surface area (Å²) in [5.74, 6) is -1.14. The van der Waals surface area contributed by atoms with Crippen molar-refractivity contribution < 1.29 is 46.1 Å². The van der Waals surface area contributed by atoms with Gasteiger partial charge in [-0.3, -0.25) is 0 Å². The van der Waals surface area contributed by atoms with Crippen LogP contribution in [0.1, 0.15) is 46.2 Å². The zero-order valence-electron chi connectivity index (χ0n) is 21.1. The highest BCUT2D eigenvalue weighted by molar-refractivity contribution is 7.93. The Morgan fingerprint density at radius 3 is 2.55 bits per heavy atom. The van der Waals surface area contributed by atoms with E-state index in [1.54, 1.807) is 6.07 Å². The Labute approximate surface area is 219 Å². The molecule has 204 valence electrons. The van der Waals surface area contributed by atoms with Gasteiger partial charge in [-0.1, -0.05) is 6.07 Å². The Kier molecular flexibility index (Phi) is 7.05. The van der Waals surface area contributed by atoms with E-state index >= 15 is 0 Å². The number of amides is 1. The van der Waals surface area contributed by atoms with Crippen LogP contribution in [-0.4, -0.2) is 61.8 Å². The Bertz CT molecular complexity index is 1380. The van der Waals surface area contributed by atoms with E-state index in [1.807, 2.05) is 0 Å². The first-order valence-corrected chi connectivity index (χ1v) is 13.5. The van der Waals surface area contributed by atoms with Crippen LogP contribution in [0, 0.1) is 17.7 Å². The van der Waals surface area contributed by atoms with Crippen molar-refractivity contribution in [1.82, 2.24) is 0 Å². The molecule has 0 aromatic heterocycles. The molecule has 0 spiro atoms. The zero-order chi connectivity index (χ0) is 27.2. The number of carbonyl (C=O) groups is 2. The lowest BCUT2D eigenvalue weighted by Gasteiger charge is -2.27. The van der Waals surface area contributed by atoms with Crippen LogP contribution in [0.5, 0.6) is 5.75 Å². The van der Waals surface area contributed by atoms with Crippen LogP contribution in [0.15, 0.2) is 35.2 Å². The maximum absolute atomic E-state index is 14.3. The van der Waals surface area contributed by atoms with Gasteiger partial charge in [-0.05, 0) is 66.0 Å². The van der Waals surface area contributed by atoms with E-state index in [0.29, 0.717) is 29.9 Å². The molecule has 2 aliphatic carbocycles. The normalized spacial score (nSPS) is 22.9. The molecule has 2 aromatic rings. The lowest BCUT2D eigenvalue weighted by molar-refractivity contribution is -0.0348. The number of esters is 1. The molecule has 1 amide bonds. The zero-order valence-corrected chi connectivity index (χ0v) is 22.0. The maximum Gasteiger partial charge on any atom is 0.428 e. The number of sulfonamides is 1. The molecular weight excluding hydrogens is 521 g/mol. The average molecular weight is 550 g/mol. The molecule has 10 nitrogen and oxygen atoms in total. The maximum atomic E-state index is 14.3. The second kappa shape index (κ2) is 10.2. The molecular formula is C26H28FNO9S. The third-order valence-corrected chi connectivity index (χ3v) is 8.98. The molecule has 38 heavy (non-hydrogen) atoms. The first-order chi connectivity index (χ1) is 18.2. The fourth-order valence-corrected chi connectivity index (χ4v) is 6.78. The molecule has 12 heteroatoms. The number of benzene rings is 2. The Morgan fingerprint density at radius 2 is 1.84 bits per heavy atom. The van der Waals surface area contributed by atoms with Gasteiger partial charge in [0.2, 0.25) is 0 Å². The van der Waals surface area contributed by atoms with Crippen LogP contribution < -0.4 is 9.04 Å². The molecule has 2 saturated carbocycles. The van der Waals surface area contributed by atoms with E-state index in [1.165, 1.54) is 13.2 Å². The van der Waals surface area contributed by atoms with Crippen LogP contribution in [0.25, 0.3) is 0 Å². The summed E-state index contributed by atoms with van der Waals surface area (Å²) >= 11 is 0. The fraction of sp³-hybridized carbons (Fsp3) is 0.462. The van der Waals surface area contributed by atoms with Crippen molar-refractivity contribution in [3.05, 3.63) is 52.8 Å². The molecule has 1 heterocycles. The minimum absolute atomic E-state index is 0.0539. The summed E-state index contributed by atoms with van der Waals surface area (Å²) in [5.41, 5.74) is 0.504. The smallest absolute Gasteiger partial charge is 0.428 e. The number of hydrogen-bond donors (Lipinski definition) is 0. The second-order valence-corrected chi connectivity index (χ2v) is 11.3.